The van der Waals surface area contributed by atoms with Crippen molar-refractivity contribution in [3.05, 3.63) is 35.4 Å². The van der Waals surface area contributed by atoms with Gasteiger partial charge in [-0.05, 0) is 45.4 Å². The molecule has 0 radical (unpaired) electrons. The number of hydrogen-bond acceptors (Lipinski definition) is 3. The van der Waals surface area contributed by atoms with Crippen molar-refractivity contribution in [1.82, 2.24) is 15.5 Å². The van der Waals surface area contributed by atoms with Crippen LogP contribution in [0.15, 0.2) is 23.2 Å². The number of benzene rings is 1. The lowest BCUT2D eigenvalue weighted by molar-refractivity contribution is 0.0507. The molecule has 1 unspecified atom stereocenters. The maximum absolute atomic E-state index is 13.7. The van der Waals surface area contributed by atoms with E-state index in [1.165, 1.54) is 0 Å². The minimum absolute atomic E-state index is 0. The van der Waals surface area contributed by atoms with E-state index in [-0.39, 0.29) is 42.1 Å². The summed E-state index contributed by atoms with van der Waals surface area (Å²) < 4.78 is 32.2. The van der Waals surface area contributed by atoms with Gasteiger partial charge in [-0.3, -0.25) is 4.99 Å². The van der Waals surface area contributed by atoms with Crippen molar-refractivity contribution < 1.29 is 18.3 Å². The van der Waals surface area contributed by atoms with E-state index >= 15 is 0 Å². The van der Waals surface area contributed by atoms with Gasteiger partial charge in [0, 0.05) is 32.2 Å². The Labute approximate surface area is 175 Å². The van der Waals surface area contributed by atoms with Crippen LogP contribution in [-0.4, -0.2) is 48.7 Å². The van der Waals surface area contributed by atoms with E-state index < -0.39 is 23.3 Å². The molecule has 1 aliphatic heterocycles. The second-order valence-corrected chi connectivity index (χ2v) is 7.21. The molecule has 1 saturated heterocycles. The van der Waals surface area contributed by atoms with E-state index in [2.05, 4.69) is 15.6 Å². The van der Waals surface area contributed by atoms with Gasteiger partial charge in [0.1, 0.15) is 17.2 Å². The molecular formula is C18H27F2IN4O2. The van der Waals surface area contributed by atoms with E-state index in [1.807, 2.05) is 25.7 Å². The Morgan fingerprint density at radius 3 is 2.70 bits per heavy atom. The molecule has 27 heavy (non-hydrogen) atoms. The number of likely N-dealkylation sites (tertiary alicyclic amines) is 1. The first-order valence-electron chi connectivity index (χ1n) is 8.57. The fraction of sp³-hybridized carbons (Fsp3) is 0.556. The summed E-state index contributed by atoms with van der Waals surface area (Å²) in [7, 11) is 1.62. The first-order valence-corrected chi connectivity index (χ1v) is 8.57. The molecule has 0 saturated carbocycles. The zero-order valence-electron chi connectivity index (χ0n) is 16.0. The van der Waals surface area contributed by atoms with E-state index in [1.54, 1.807) is 7.05 Å². The topological polar surface area (TPSA) is 66.0 Å². The number of nitrogens with one attached hydrogen (secondary N) is 2. The maximum Gasteiger partial charge on any atom is 0.407 e. The highest BCUT2D eigenvalue weighted by Crippen LogP contribution is 2.13. The first-order chi connectivity index (χ1) is 12.2. The molecule has 2 rings (SSSR count). The van der Waals surface area contributed by atoms with Crippen LogP contribution in [0.2, 0.25) is 0 Å². The van der Waals surface area contributed by atoms with Gasteiger partial charge in [0.25, 0.3) is 0 Å². The van der Waals surface area contributed by atoms with Crippen molar-refractivity contribution >= 4 is 36.0 Å². The molecule has 0 aliphatic carbocycles. The predicted octanol–water partition coefficient (Wildman–Crippen LogP) is 3.26. The highest BCUT2D eigenvalue weighted by atomic mass is 127. The third-order valence-corrected chi connectivity index (χ3v) is 3.87. The average molecular weight is 496 g/mol. The number of amides is 1. The molecule has 0 aromatic heterocycles. The maximum atomic E-state index is 13.7. The van der Waals surface area contributed by atoms with Crippen LogP contribution in [0.4, 0.5) is 13.6 Å². The summed E-state index contributed by atoms with van der Waals surface area (Å²) in [4.78, 5) is 18.0. The average Bonchev–Trinajstić information content (AvgIpc) is 2.97. The Hall–Kier alpha value is -1.65. The van der Waals surface area contributed by atoms with Crippen molar-refractivity contribution in [2.75, 3.05) is 20.1 Å². The third-order valence-electron chi connectivity index (χ3n) is 3.87. The number of ether oxygens (including phenoxy) is 1. The second kappa shape index (κ2) is 10.0. The largest absolute Gasteiger partial charge is 0.444 e. The molecule has 1 atom stereocenters. The van der Waals surface area contributed by atoms with Gasteiger partial charge in [-0.1, -0.05) is 0 Å². The summed E-state index contributed by atoms with van der Waals surface area (Å²) in [5, 5.41) is 5.87. The molecule has 1 heterocycles. The van der Waals surface area contributed by atoms with Crippen molar-refractivity contribution in [3.8, 4) is 0 Å². The number of carbonyl (C=O) groups is 1. The molecule has 6 nitrogen and oxygen atoms in total. The number of nitrogens with zero attached hydrogens (tertiary/aromatic N) is 2. The van der Waals surface area contributed by atoms with Gasteiger partial charge in [0.15, 0.2) is 5.96 Å². The SMILES string of the molecule is CN=C(NCc1cc(F)ccc1F)N1CCC(NC(=O)OC(C)(C)C)C1.I. The van der Waals surface area contributed by atoms with Gasteiger partial charge < -0.3 is 20.3 Å². The monoisotopic (exact) mass is 496 g/mol. The summed E-state index contributed by atoms with van der Waals surface area (Å²) in [6, 6.07) is 3.29. The zero-order chi connectivity index (χ0) is 19.3. The van der Waals surface area contributed by atoms with Gasteiger partial charge >= 0.3 is 6.09 Å². The number of guanidine groups is 1. The molecule has 0 spiro atoms. The fourth-order valence-electron chi connectivity index (χ4n) is 2.73. The van der Waals surface area contributed by atoms with E-state index in [0.717, 1.165) is 24.6 Å². The number of rotatable bonds is 3. The van der Waals surface area contributed by atoms with Gasteiger partial charge in [-0.25, -0.2) is 13.6 Å². The van der Waals surface area contributed by atoms with Crippen LogP contribution in [0.25, 0.3) is 0 Å². The number of aliphatic imine (C=N–C) groups is 1. The summed E-state index contributed by atoms with van der Waals surface area (Å²) in [5.41, 5.74) is -0.316. The van der Waals surface area contributed by atoms with Crippen LogP contribution in [0, 0.1) is 11.6 Å². The third kappa shape index (κ3) is 7.47. The molecular weight excluding hydrogens is 469 g/mol. The normalized spacial score (nSPS) is 17.3. The molecule has 152 valence electrons. The van der Waals surface area contributed by atoms with Crippen LogP contribution >= 0.6 is 24.0 Å². The number of halogens is 3. The van der Waals surface area contributed by atoms with Crippen molar-refractivity contribution in [3.63, 3.8) is 0 Å². The molecule has 1 aliphatic rings. The van der Waals surface area contributed by atoms with Gasteiger partial charge in [-0.15, -0.1) is 24.0 Å². The Bertz CT molecular complexity index is 680. The first kappa shape index (κ1) is 23.4. The lowest BCUT2D eigenvalue weighted by atomic mass is 10.2. The Kier molecular flexibility index (Phi) is 8.70. The summed E-state index contributed by atoms with van der Waals surface area (Å²) >= 11 is 0. The van der Waals surface area contributed by atoms with Crippen LogP contribution in [0.5, 0.6) is 0 Å². The molecule has 2 N–H and O–H groups in total. The quantitative estimate of drug-likeness (QED) is 0.383. The van der Waals surface area contributed by atoms with Crippen molar-refractivity contribution in [1.29, 1.82) is 0 Å². The highest BCUT2D eigenvalue weighted by Gasteiger charge is 2.27. The fourth-order valence-corrected chi connectivity index (χ4v) is 2.73. The number of hydrogen-bond donors (Lipinski definition) is 2. The molecule has 9 heteroatoms. The second-order valence-electron chi connectivity index (χ2n) is 7.21. The van der Waals surface area contributed by atoms with Crippen LogP contribution in [0.1, 0.15) is 32.8 Å². The zero-order valence-corrected chi connectivity index (χ0v) is 18.3. The Morgan fingerprint density at radius 1 is 1.37 bits per heavy atom. The molecule has 0 bridgehead atoms. The van der Waals surface area contributed by atoms with E-state index in [0.29, 0.717) is 19.0 Å². The Balaban J connectivity index is 0.00000364. The Morgan fingerprint density at radius 2 is 2.07 bits per heavy atom. The predicted molar refractivity (Wildman–Crippen MR) is 111 cm³/mol. The molecule has 1 fully saturated rings. The summed E-state index contributed by atoms with van der Waals surface area (Å²) in [6.07, 6.45) is 0.294. The van der Waals surface area contributed by atoms with Crippen molar-refractivity contribution in [2.24, 2.45) is 4.99 Å². The number of alkyl carbamates (subject to hydrolysis) is 1. The van der Waals surface area contributed by atoms with Crippen LogP contribution in [0.3, 0.4) is 0 Å². The minimum atomic E-state index is -0.547. The summed E-state index contributed by atoms with van der Waals surface area (Å²) in [6.45, 7) is 6.80. The van der Waals surface area contributed by atoms with Crippen LogP contribution in [-0.2, 0) is 11.3 Å². The molecule has 1 amide bonds. The summed E-state index contributed by atoms with van der Waals surface area (Å²) in [5.74, 6) is -0.386. The highest BCUT2D eigenvalue weighted by molar-refractivity contribution is 14.0. The van der Waals surface area contributed by atoms with Gasteiger partial charge in [-0.2, -0.15) is 0 Å². The number of carbonyl (C=O) groups excluding carboxylic acids is 1. The van der Waals surface area contributed by atoms with Gasteiger partial charge in [0.05, 0.1) is 6.04 Å². The van der Waals surface area contributed by atoms with Crippen molar-refractivity contribution in [2.45, 2.75) is 45.4 Å². The van der Waals surface area contributed by atoms with Gasteiger partial charge in [0.2, 0.25) is 0 Å². The standard InChI is InChI=1S/C18H26F2N4O2.HI/c1-18(2,3)26-17(25)23-14-7-8-24(11-14)16(21-4)22-10-12-9-13(19)5-6-15(12)20;/h5-6,9,14H,7-8,10-11H2,1-4H3,(H,21,22)(H,23,25);1H. The van der Waals surface area contributed by atoms with E-state index in [4.69, 9.17) is 4.74 Å². The van der Waals surface area contributed by atoms with Crippen LogP contribution < -0.4 is 10.6 Å². The minimum Gasteiger partial charge on any atom is -0.444 e. The van der Waals surface area contributed by atoms with E-state index in [9.17, 15) is 13.6 Å². The molecule has 1 aromatic carbocycles. The smallest absolute Gasteiger partial charge is 0.407 e. The molecule has 1 aromatic rings. The lowest BCUT2D eigenvalue weighted by Gasteiger charge is -2.23. The lowest BCUT2D eigenvalue weighted by Crippen LogP contribution is -2.44.